The average molecular weight is 426 g/mol. The van der Waals surface area contributed by atoms with Crippen LogP contribution < -0.4 is 4.90 Å². The topological polar surface area (TPSA) is 83.3 Å². The molecule has 0 bridgehead atoms. The van der Waals surface area contributed by atoms with Gasteiger partial charge < -0.3 is 9.64 Å². The highest BCUT2D eigenvalue weighted by Crippen LogP contribution is 2.22. The zero-order chi connectivity index (χ0) is 20.6. The van der Waals surface area contributed by atoms with E-state index in [9.17, 15) is 9.59 Å². The van der Waals surface area contributed by atoms with E-state index in [4.69, 9.17) is 21.6 Å². The van der Waals surface area contributed by atoms with Gasteiger partial charge in [-0.25, -0.2) is 9.78 Å². The van der Waals surface area contributed by atoms with E-state index in [-0.39, 0.29) is 13.0 Å². The SMILES string of the molecule is N#CCCN(C(=O)COC(=O)/C=C/c1nc2ccccc2s1)c1cccc(Cl)c1. The molecule has 0 aliphatic heterocycles. The second kappa shape index (κ2) is 9.82. The van der Waals surface area contributed by atoms with Crippen molar-refractivity contribution in [2.24, 2.45) is 0 Å². The number of hydrogen-bond acceptors (Lipinski definition) is 6. The van der Waals surface area contributed by atoms with Crippen LogP contribution in [0.3, 0.4) is 0 Å². The van der Waals surface area contributed by atoms with Gasteiger partial charge in [0.15, 0.2) is 6.61 Å². The first-order chi connectivity index (χ1) is 14.1. The van der Waals surface area contributed by atoms with E-state index in [2.05, 4.69) is 4.98 Å². The Labute approximate surface area is 176 Å². The second-order valence-corrected chi connectivity index (χ2v) is 7.39. The summed E-state index contributed by atoms with van der Waals surface area (Å²) in [6, 6.07) is 16.4. The van der Waals surface area contributed by atoms with Crippen LogP contribution in [0.2, 0.25) is 5.02 Å². The minimum Gasteiger partial charge on any atom is -0.452 e. The molecule has 8 heteroatoms. The van der Waals surface area contributed by atoms with E-state index in [0.29, 0.717) is 15.7 Å². The van der Waals surface area contributed by atoms with Crippen molar-refractivity contribution in [3.63, 3.8) is 0 Å². The average Bonchev–Trinajstić information content (AvgIpc) is 3.14. The Kier molecular flexibility index (Phi) is 6.95. The molecule has 146 valence electrons. The summed E-state index contributed by atoms with van der Waals surface area (Å²) in [6.45, 7) is -0.268. The Bertz CT molecular complexity index is 1070. The molecule has 1 heterocycles. The Balaban J connectivity index is 1.61. The molecule has 0 aliphatic rings. The van der Waals surface area contributed by atoms with Gasteiger partial charge in [-0.2, -0.15) is 5.26 Å². The number of carbonyl (C=O) groups is 2. The van der Waals surface area contributed by atoms with E-state index in [0.717, 1.165) is 10.2 Å². The number of nitrogens with zero attached hydrogens (tertiary/aromatic N) is 3. The van der Waals surface area contributed by atoms with Crippen LogP contribution in [0.15, 0.2) is 54.6 Å². The minimum absolute atomic E-state index is 0.143. The zero-order valence-electron chi connectivity index (χ0n) is 15.2. The maximum Gasteiger partial charge on any atom is 0.331 e. The maximum absolute atomic E-state index is 12.5. The van der Waals surface area contributed by atoms with Crippen molar-refractivity contribution >= 4 is 56.8 Å². The summed E-state index contributed by atoms with van der Waals surface area (Å²) in [6.07, 6.45) is 2.94. The lowest BCUT2D eigenvalue weighted by Crippen LogP contribution is -2.35. The normalized spacial score (nSPS) is 10.8. The summed E-state index contributed by atoms with van der Waals surface area (Å²) in [5.74, 6) is -1.09. The summed E-state index contributed by atoms with van der Waals surface area (Å²) in [5, 5.41) is 9.97. The van der Waals surface area contributed by atoms with Crippen molar-refractivity contribution in [2.45, 2.75) is 6.42 Å². The Morgan fingerprint density at radius 3 is 2.83 bits per heavy atom. The van der Waals surface area contributed by atoms with Crippen LogP contribution in [0.5, 0.6) is 0 Å². The van der Waals surface area contributed by atoms with Gasteiger partial charge in [0.1, 0.15) is 5.01 Å². The van der Waals surface area contributed by atoms with Gasteiger partial charge in [0.25, 0.3) is 5.91 Å². The number of aromatic nitrogens is 1. The van der Waals surface area contributed by atoms with E-state index >= 15 is 0 Å². The molecule has 0 spiro atoms. The van der Waals surface area contributed by atoms with Crippen molar-refractivity contribution in [2.75, 3.05) is 18.1 Å². The van der Waals surface area contributed by atoms with Gasteiger partial charge in [0, 0.05) is 23.3 Å². The number of rotatable bonds is 7. The summed E-state index contributed by atoms with van der Waals surface area (Å²) in [7, 11) is 0. The van der Waals surface area contributed by atoms with Crippen LogP contribution >= 0.6 is 22.9 Å². The Morgan fingerprint density at radius 1 is 1.24 bits per heavy atom. The Hall–Kier alpha value is -3.21. The van der Waals surface area contributed by atoms with Crippen molar-refractivity contribution < 1.29 is 14.3 Å². The number of anilines is 1. The van der Waals surface area contributed by atoms with Gasteiger partial charge in [0.2, 0.25) is 0 Å². The molecular formula is C21H16ClN3O3S. The van der Waals surface area contributed by atoms with E-state index in [1.165, 1.54) is 22.3 Å². The number of amides is 1. The lowest BCUT2D eigenvalue weighted by atomic mass is 10.2. The first kappa shape index (κ1) is 20.5. The summed E-state index contributed by atoms with van der Waals surface area (Å²) in [4.78, 5) is 30.3. The number of esters is 1. The highest BCUT2D eigenvalue weighted by atomic mass is 35.5. The van der Waals surface area contributed by atoms with Gasteiger partial charge >= 0.3 is 5.97 Å². The predicted molar refractivity (Wildman–Crippen MR) is 114 cm³/mol. The molecule has 1 amide bonds. The molecule has 3 rings (SSSR count). The fourth-order valence-electron chi connectivity index (χ4n) is 2.56. The highest BCUT2D eigenvalue weighted by Gasteiger charge is 2.17. The summed E-state index contributed by atoms with van der Waals surface area (Å²) < 4.78 is 6.08. The molecule has 3 aromatic rings. The standard InChI is InChI=1S/C21H16ClN3O3S/c22-15-5-3-6-16(13-15)25(12-4-11-23)20(26)14-28-21(27)10-9-19-24-17-7-1-2-8-18(17)29-19/h1-3,5-10,13H,4,12,14H2/b10-9+. The number of halogens is 1. The fourth-order valence-corrected chi connectivity index (χ4v) is 3.62. The first-order valence-corrected chi connectivity index (χ1v) is 9.89. The third kappa shape index (κ3) is 5.64. The summed E-state index contributed by atoms with van der Waals surface area (Å²) >= 11 is 7.43. The van der Waals surface area contributed by atoms with Crippen molar-refractivity contribution in [1.29, 1.82) is 5.26 Å². The number of fused-ring (bicyclic) bond motifs is 1. The van der Waals surface area contributed by atoms with E-state index in [1.54, 1.807) is 30.3 Å². The second-order valence-electron chi connectivity index (χ2n) is 5.89. The monoisotopic (exact) mass is 425 g/mol. The minimum atomic E-state index is -0.649. The molecule has 29 heavy (non-hydrogen) atoms. The maximum atomic E-state index is 12.5. The molecule has 6 nitrogen and oxygen atoms in total. The number of thiazole rings is 1. The predicted octanol–water partition coefficient (Wildman–Crippen LogP) is 4.45. The van der Waals surface area contributed by atoms with Crippen molar-refractivity contribution in [1.82, 2.24) is 4.98 Å². The smallest absolute Gasteiger partial charge is 0.331 e. The molecule has 0 saturated carbocycles. The molecular weight excluding hydrogens is 410 g/mol. The number of benzene rings is 2. The van der Waals surface area contributed by atoms with Gasteiger partial charge in [0.05, 0.1) is 22.7 Å². The summed E-state index contributed by atoms with van der Waals surface area (Å²) in [5.41, 5.74) is 1.40. The van der Waals surface area contributed by atoms with Crippen LogP contribution in [-0.4, -0.2) is 30.0 Å². The van der Waals surface area contributed by atoms with Crippen molar-refractivity contribution in [3.05, 3.63) is 64.6 Å². The first-order valence-electron chi connectivity index (χ1n) is 8.70. The van der Waals surface area contributed by atoms with Crippen LogP contribution in [-0.2, 0) is 14.3 Å². The third-order valence-electron chi connectivity index (χ3n) is 3.88. The molecule has 0 fully saturated rings. The molecule has 0 saturated heterocycles. The molecule has 0 radical (unpaired) electrons. The quantitative estimate of drug-likeness (QED) is 0.412. The molecule has 2 aromatic carbocycles. The van der Waals surface area contributed by atoms with E-state index < -0.39 is 18.5 Å². The fraction of sp³-hybridized carbons (Fsp3) is 0.143. The molecule has 0 N–H and O–H groups in total. The highest BCUT2D eigenvalue weighted by molar-refractivity contribution is 7.19. The molecule has 0 atom stereocenters. The van der Waals surface area contributed by atoms with Crippen LogP contribution in [0.25, 0.3) is 16.3 Å². The number of hydrogen-bond donors (Lipinski definition) is 0. The largest absolute Gasteiger partial charge is 0.452 e. The molecule has 1 aromatic heterocycles. The van der Waals surface area contributed by atoms with Crippen molar-refractivity contribution in [3.8, 4) is 6.07 Å². The van der Waals surface area contributed by atoms with Crippen LogP contribution in [0.1, 0.15) is 11.4 Å². The molecule has 0 aliphatic carbocycles. The van der Waals surface area contributed by atoms with Gasteiger partial charge in [-0.15, -0.1) is 11.3 Å². The number of para-hydroxylation sites is 1. The lowest BCUT2D eigenvalue weighted by molar-refractivity contribution is -0.142. The van der Waals surface area contributed by atoms with Crippen LogP contribution in [0, 0.1) is 11.3 Å². The van der Waals surface area contributed by atoms with Crippen LogP contribution in [0.4, 0.5) is 5.69 Å². The third-order valence-corrected chi connectivity index (χ3v) is 5.12. The number of nitriles is 1. The van der Waals surface area contributed by atoms with Gasteiger partial charge in [-0.05, 0) is 36.4 Å². The Morgan fingerprint density at radius 2 is 2.07 bits per heavy atom. The van der Waals surface area contributed by atoms with Gasteiger partial charge in [-0.1, -0.05) is 29.8 Å². The van der Waals surface area contributed by atoms with Gasteiger partial charge in [-0.3, -0.25) is 4.79 Å². The number of carbonyl (C=O) groups excluding carboxylic acids is 2. The molecule has 0 unspecified atom stereocenters. The van der Waals surface area contributed by atoms with E-state index in [1.807, 2.05) is 30.3 Å². The number of ether oxygens (including phenoxy) is 1. The zero-order valence-corrected chi connectivity index (χ0v) is 16.8. The lowest BCUT2D eigenvalue weighted by Gasteiger charge is -2.21.